The van der Waals surface area contributed by atoms with E-state index in [0.29, 0.717) is 11.3 Å². The lowest BCUT2D eigenvalue weighted by Crippen LogP contribution is -2.35. The van der Waals surface area contributed by atoms with Crippen LogP contribution in [-0.4, -0.2) is 18.4 Å². The van der Waals surface area contributed by atoms with Crippen LogP contribution in [-0.2, 0) is 16.8 Å². The average Bonchev–Trinajstić information content (AvgIpc) is 3.20. The van der Waals surface area contributed by atoms with E-state index < -0.39 is 0 Å². The lowest BCUT2D eigenvalue weighted by atomic mass is 10.0. The first kappa shape index (κ1) is 15.7. The number of carbonyl (C=O) groups excluding carboxylic acids is 2. The minimum absolute atomic E-state index is 0.0483. The van der Waals surface area contributed by atoms with Crippen molar-refractivity contribution in [3.63, 3.8) is 0 Å². The Morgan fingerprint density at radius 3 is 2.56 bits per heavy atom. The highest BCUT2D eigenvalue weighted by molar-refractivity contribution is 6.01. The smallest absolute Gasteiger partial charge is 0.308 e. The van der Waals surface area contributed by atoms with Crippen LogP contribution in [0.4, 0.5) is 5.69 Å². The van der Waals surface area contributed by atoms with Gasteiger partial charge in [-0.1, -0.05) is 24.3 Å². The van der Waals surface area contributed by atoms with E-state index in [1.54, 1.807) is 12.1 Å². The minimum atomic E-state index is -0.340. The van der Waals surface area contributed by atoms with E-state index in [2.05, 4.69) is 16.7 Å². The van der Waals surface area contributed by atoms with Crippen molar-refractivity contribution in [3.05, 3.63) is 59.2 Å². The van der Waals surface area contributed by atoms with Crippen molar-refractivity contribution in [2.24, 2.45) is 0 Å². The van der Waals surface area contributed by atoms with Gasteiger partial charge in [0, 0.05) is 13.5 Å². The Morgan fingerprint density at radius 1 is 1.12 bits per heavy atom. The summed E-state index contributed by atoms with van der Waals surface area (Å²) in [4.78, 5) is 23.8. The maximum Gasteiger partial charge on any atom is 0.308 e. The number of nitrogens with one attached hydrogen (secondary N) is 2. The average molecular weight is 336 g/mol. The molecule has 0 saturated heterocycles. The normalized spacial score (nSPS) is 16.5. The zero-order valence-corrected chi connectivity index (χ0v) is 14.1. The van der Waals surface area contributed by atoms with Crippen molar-refractivity contribution in [2.75, 3.05) is 11.9 Å². The van der Waals surface area contributed by atoms with Crippen LogP contribution in [0.25, 0.3) is 0 Å². The SMILES string of the molecule is CC(=O)Oc1ccc(C2(NC(=O)c3cccc4c3NCC4)CC2)cc1. The minimum Gasteiger partial charge on any atom is -0.427 e. The van der Waals surface area contributed by atoms with Crippen LogP contribution < -0.4 is 15.4 Å². The molecule has 0 unspecified atom stereocenters. The molecule has 1 heterocycles. The number of benzene rings is 2. The van der Waals surface area contributed by atoms with Gasteiger partial charge >= 0.3 is 5.97 Å². The number of hydrogen-bond acceptors (Lipinski definition) is 4. The Labute approximate surface area is 146 Å². The van der Waals surface area contributed by atoms with E-state index in [0.717, 1.165) is 37.1 Å². The molecule has 1 amide bonds. The van der Waals surface area contributed by atoms with E-state index in [4.69, 9.17) is 4.74 Å². The molecule has 1 aliphatic heterocycles. The molecule has 5 nitrogen and oxygen atoms in total. The molecule has 0 aromatic heterocycles. The van der Waals surface area contributed by atoms with Crippen molar-refractivity contribution in [1.29, 1.82) is 0 Å². The molecule has 0 radical (unpaired) electrons. The first-order valence-electron chi connectivity index (χ1n) is 8.55. The topological polar surface area (TPSA) is 67.4 Å². The highest BCUT2D eigenvalue weighted by Gasteiger charge is 2.46. The van der Waals surface area contributed by atoms with Crippen LogP contribution >= 0.6 is 0 Å². The Kier molecular flexibility index (Phi) is 3.71. The number of esters is 1. The van der Waals surface area contributed by atoms with Crippen LogP contribution in [0.3, 0.4) is 0 Å². The molecule has 2 aromatic rings. The van der Waals surface area contributed by atoms with Gasteiger partial charge in [-0.05, 0) is 48.6 Å². The zero-order chi connectivity index (χ0) is 17.4. The maximum atomic E-state index is 12.8. The van der Waals surface area contributed by atoms with Crippen LogP contribution in [0.1, 0.15) is 41.3 Å². The molecule has 0 bridgehead atoms. The Balaban J connectivity index is 1.53. The summed E-state index contributed by atoms with van der Waals surface area (Å²) in [5.74, 6) is 0.129. The van der Waals surface area contributed by atoms with Gasteiger partial charge in [-0.25, -0.2) is 0 Å². The fraction of sp³-hybridized carbons (Fsp3) is 0.300. The quantitative estimate of drug-likeness (QED) is 0.665. The number of fused-ring (bicyclic) bond motifs is 1. The van der Waals surface area contributed by atoms with Gasteiger partial charge in [0.2, 0.25) is 0 Å². The Bertz CT molecular complexity index is 839. The number of rotatable bonds is 4. The summed E-state index contributed by atoms with van der Waals surface area (Å²) in [5.41, 5.74) is 3.59. The molecule has 4 rings (SSSR count). The molecule has 25 heavy (non-hydrogen) atoms. The molecule has 128 valence electrons. The number of amides is 1. The fourth-order valence-corrected chi connectivity index (χ4v) is 3.43. The summed E-state index contributed by atoms with van der Waals surface area (Å²) in [6.07, 6.45) is 2.78. The van der Waals surface area contributed by atoms with E-state index in [1.165, 1.54) is 12.5 Å². The molecule has 1 aliphatic carbocycles. The summed E-state index contributed by atoms with van der Waals surface area (Å²) in [7, 11) is 0. The van der Waals surface area contributed by atoms with E-state index in [9.17, 15) is 9.59 Å². The third kappa shape index (κ3) is 2.97. The van der Waals surface area contributed by atoms with Gasteiger partial charge in [0.25, 0.3) is 5.91 Å². The molecule has 5 heteroatoms. The van der Waals surface area contributed by atoms with Gasteiger partial charge in [-0.15, -0.1) is 0 Å². The Morgan fingerprint density at radius 2 is 1.88 bits per heavy atom. The lowest BCUT2D eigenvalue weighted by Gasteiger charge is -2.19. The van der Waals surface area contributed by atoms with Gasteiger partial charge in [-0.2, -0.15) is 0 Å². The number of hydrogen-bond donors (Lipinski definition) is 2. The standard InChI is InChI=1S/C20H20N2O3/c1-13(23)25-16-7-5-15(6-8-16)20(10-11-20)22-19(24)17-4-2-3-14-9-12-21-18(14)17/h2-8,21H,9-12H2,1H3,(H,22,24). The Hall–Kier alpha value is -2.82. The van der Waals surface area contributed by atoms with Gasteiger partial charge in [0.05, 0.1) is 16.8 Å². The molecular weight excluding hydrogens is 316 g/mol. The summed E-state index contributed by atoms with van der Waals surface area (Å²) in [5, 5.41) is 6.52. The molecule has 2 aliphatic rings. The van der Waals surface area contributed by atoms with Crippen molar-refractivity contribution < 1.29 is 14.3 Å². The van der Waals surface area contributed by atoms with Crippen LogP contribution in [0.15, 0.2) is 42.5 Å². The molecule has 1 fully saturated rings. The van der Waals surface area contributed by atoms with Gasteiger partial charge in [0.15, 0.2) is 0 Å². The predicted octanol–water partition coefficient (Wildman–Crippen LogP) is 3.00. The summed E-state index contributed by atoms with van der Waals surface area (Å²) < 4.78 is 5.07. The molecule has 2 aromatic carbocycles. The summed E-state index contributed by atoms with van der Waals surface area (Å²) >= 11 is 0. The first-order chi connectivity index (χ1) is 12.1. The molecule has 1 saturated carbocycles. The summed E-state index contributed by atoms with van der Waals surface area (Å²) in [6.45, 7) is 2.26. The number of anilines is 1. The lowest BCUT2D eigenvalue weighted by molar-refractivity contribution is -0.131. The van der Waals surface area contributed by atoms with Crippen molar-refractivity contribution in [3.8, 4) is 5.75 Å². The highest BCUT2D eigenvalue weighted by atomic mass is 16.5. The number of para-hydroxylation sites is 1. The van der Waals surface area contributed by atoms with Crippen LogP contribution in [0.2, 0.25) is 0 Å². The van der Waals surface area contributed by atoms with Crippen molar-refractivity contribution >= 4 is 17.6 Å². The highest BCUT2D eigenvalue weighted by Crippen LogP contribution is 2.46. The van der Waals surface area contributed by atoms with E-state index in [-0.39, 0.29) is 17.4 Å². The van der Waals surface area contributed by atoms with Gasteiger partial charge < -0.3 is 15.4 Å². The first-order valence-corrected chi connectivity index (χ1v) is 8.55. The third-order valence-corrected chi connectivity index (χ3v) is 4.86. The second-order valence-corrected chi connectivity index (χ2v) is 6.67. The van der Waals surface area contributed by atoms with Crippen molar-refractivity contribution in [2.45, 2.75) is 31.7 Å². The second kappa shape index (κ2) is 5.92. The van der Waals surface area contributed by atoms with E-state index >= 15 is 0 Å². The second-order valence-electron chi connectivity index (χ2n) is 6.67. The van der Waals surface area contributed by atoms with E-state index in [1.807, 2.05) is 24.3 Å². The molecular formula is C20H20N2O3. The van der Waals surface area contributed by atoms with Crippen LogP contribution in [0.5, 0.6) is 5.75 Å². The predicted molar refractivity (Wildman–Crippen MR) is 94.8 cm³/mol. The molecule has 2 N–H and O–H groups in total. The summed E-state index contributed by atoms with van der Waals surface area (Å²) in [6, 6.07) is 13.2. The number of ether oxygens (including phenoxy) is 1. The van der Waals surface area contributed by atoms with Gasteiger partial charge in [-0.3, -0.25) is 9.59 Å². The fourth-order valence-electron chi connectivity index (χ4n) is 3.43. The molecule has 0 atom stereocenters. The molecule has 0 spiro atoms. The zero-order valence-electron chi connectivity index (χ0n) is 14.1. The monoisotopic (exact) mass is 336 g/mol. The van der Waals surface area contributed by atoms with Gasteiger partial charge in [0.1, 0.15) is 5.75 Å². The third-order valence-electron chi connectivity index (χ3n) is 4.86. The maximum absolute atomic E-state index is 12.8. The van der Waals surface area contributed by atoms with Crippen molar-refractivity contribution in [1.82, 2.24) is 5.32 Å². The number of carbonyl (C=O) groups is 2. The largest absolute Gasteiger partial charge is 0.427 e. The van der Waals surface area contributed by atoms with Crippen LogP contribution in [0, 0.1) is 0 Å².